The van der Waals surface area contributed by atoms with Gasteiger partial charge in [0.05, 0.1) is 5.41 Å². The second-order valence-corrected chi connectivity index (χ2v) is 4.69. The predicted octanol–water partition coefficient (Wildman–Crippen LogP) is -1.06. The lowest BCUT2D eigenvalue weighted by atomic mass is 9.92. The van der Waals surface area contributed by atoms with Gasteiger partial charge in [0.2, 0.25) is 11.8 Å². The maximum atomic E-state index is 11.5. The molecule has 104 valence electrons. The van der Waals surface area contributed by atoms with Crippen molar-refractivity contribution in [1.29, 1.82) is 0 Å². The van der Waals surface area contributed by atoms with Gasteiger partial charge in [0.1, 0.15) is 6.04 Å². The molecule has 0 aliphatic heterocycles. The molecule has 1 unspecified atom stereocenters. The summed E-state index contributed by atoms with van der Waals surface area (Å²) in [6, 6.07) is -0.997. The molecule has 0 radical (unpaired) electrons. The molecule has 2 amide bonds. The Bertz CT molecular complexity index is 328. The second-order valence-electron chi connectivity index (χ2n) is 4.69. The summed E-state index contributed by atoms with van der Waals surface area (Å²) in [6.45, 7) is 5.12. The van der Waals surface area contributed by atoms with Gasteiger partial charge in [-0.05, 0) is 13.8 Å². The molecule has 0 aliphatic rings. The van der Waals surface area contributed by atoms with Crippen LogP contribution in [-0.2, 0) is 14.4 Å². The van der Waals surface area contributed by atoms with Crippen molar-refractivity contribution in [2.75, 3.05) is 20.1 Å². The minimum absolute atomic E-state index is 0.0648. The summed E-state index contributed by atoms with van der Waals surface area (Å²) in [5.74, 6) is -1.66. The van der Waals surface area contributed by atoms with Crippen LogP contribution < -0.4 is 16.0 Å². The molecule has 0 bridgehead atoms. The topological polar surface area (TPSA) is 108 Å². The van der Waals surface area contributed by atoms with Gasteiger partial charge in [-0.3, -0.25) is 9.59 Å². The number of carboxylic acids is 1. The molecule has 0 rings (SSSR count). The molecule has 0 fully saturated rings. The normalized spacial score (nSPS) is 12.7. The first-order valence-electron chi connectivity index (χ1n) is 5.63. The van der Waals surface area contributed by atoms with Crippen LogP contribution in [0.3, 0.4) is 0 Å². The van der Waals surface area contributed by atoms with Gasteiger partial charge in [0, 0.05) is 27.1 Å². The van der Waals surface area contributed by atoms with Gasteiger partial charge in [0.25, 0.3) is 0 Å². The average molecular weight is 259 g/mol. The van der Waals surface area contributed by atoms with Gasteiger partial charge >= 0.3 is 5.97 Å². The zero-order valence-electron chi connectivity index (χ0n) is 11.2. The maximum absolute atomic E-state index is 11.5. The summed E-state index contributed by atoms with van der Waals surface area (Å²) in [7, 11) is 1.54. The van der Waals surface area contributed by atoms with Crippen molar-refractivity contribution in [3.63, 3.8) is 0 Å². The summed E-state index contributed by atoms with van der Waals surface area (Å²) < 4.78 is 0. The van der Waals surface area contributed by atoms with E-state index in [2.05, 4.69) is 16.0 Å². The molecule has 4 N–H and O–H groups in total. The summed E-state index contributed by atoms with van der Waals surface area (Å²) in [5.41, 5.74) is -0.645. The van der Waals surface area contributed by atoms with Crippen LogP contribution in [0, 0.1) is 5.41 Å². The number of carboxylic acid groups (broad SMARTS) is 1. The molecule has 0 saturated heterocycles. The third kappa shape index (κ3) is 5.62. The Balaban J connectivity index is 4.26. The van der Waals surface area contributed by atoms with E-state index in [9.17, 15) is 14.4 Å². The smallest absolute Gasteiger partial charge is 0.327 e. The summed E-state index contributed by atoms with van der Waals surface area (Å²) >= 11 is 0. The SMILES string of the molecule is CNC(=O)C(C)(C)CNCC(NC(C)=O)C(=O)O. The van der Waals surface area contributed by atoms with Crippen molar-refractivity contribution in [1.82, 2.24) is 16.0 Å². The Labute approximate surface area is 106 Å². The molecule has 7 nitrogen and oxygen atoms in total. The van der Waals surface area contributed by atoms with Gasteiger partial charge in [-0.15, -0.1) is 0 Å². The molecule has 7 heteroatoms. The van der Waals surface area contributed by atoms with E-state index in [1.165, 1.54) is 6.92 Å². The number of rotatable bonds is 7. The monoisotopic (exact) mass is 259 g/mol. The molecule has 18 heavy (non-hydrogen) atoms. The third-order valence-electron chi connectivity index (χ3n) is 2.43. The lowest BCUT2D eigenvalue weighted by Crippen LogP contribution is -2.49. The standard InChI is InChI=1S/C11H21N3O4/c1-7(15)14-8(9(16)17)5-13-6-11(2,3)10(18)12-4/h8,13H,5-6H2,1-4H3,(H,12,18)(H,14,15)(H,16,17). The van der Waals surface area contributed by atoms with Crippen molar-refractivity contribution < 1.29 is 19.5 Å². The van der Waals surface area contributed by atoms with E-state index in [1.54, 1.807) is 20.9 Å². The van der Waals surface area contributed by atoms with E-state index in [1.807, 2.05) is 0 Å². The number of hydrogen-bond acceptors (Lipinski definition) is 4. The lowest BCUT2D eigenvalue weighted by Gasteiger charge is -2.24. The summed E-state index contributed by atoms with van der Waals surface area (Å²) in [5, 5.41) is 16.6. The Morgan fingerprint density at radius 3 is 2.22 bits per heavy atom. The van der Waals surface area contributed by atoms with Crippen LogP contribution in [0.15, 0.2) is 0 Å². The number of nitrogens with one attached hydrogen (secondary N) is 3. The van der Waals surface area contributed by atoms with Crippen molar-refractivity contribution in [2.45, 2.75) is 26.8 Å². The van der Waals surface area contributed by atoms with Crippen molar-refractivity contribution in [3.8, 4) is 0 Å². The molecule has 0 aromatic rings. The zero-order chi connectivity index (χ0) is 14.3. The van der Waals surface area contributed by atoms with Crippen molar-refractivity contribution in [2.24, 2.45) is 5.41 Å². The molecule has 0 aromatic carbocycles. The number of carbonyl (C=O) groups excluding carboxylic acids is 2. The molecular weight excluding hydrogens is 238 g/mol. The van der Waals surface area contributed by atoms with Crippen LogP contribution in [0.1, 0.15) is 20.8 Å². The minimum Gasteiger partial charge on any atom is -0.480 e. The summed E-state index contributed by atoms with van der Waals surface area (Å²) in [6.07, 6.45) is 0. The average Bonchev–Trinajstić information content (AvgIpc) is 2.25. The molecule has 1 atom stereocenters. The summed E-state index contributed by atoms with van der Waals surface area (Å²) in [4.78, 5) is 33.1. The molecule has 0 saturated carbocycles. The molecule has 0 heterocycles. The first-order chi connectivity index (χ1) is 8.20. The molecule has 0 aliphatic carbocycles. The van der Waals surface area contributed by atoms with Gasteiger partial charge in [-0.2, -0.15) is 0 Å². The van der Waals surface area contributed by atoms with Crippen LogP contribution >= 0.6 is 0 Å². The van der Waals surface area contributed by atoms with E-state index in [0.29, 0.717) is 6.54 Å². The minimum atomic E-state index is -1.12. The van der Waals surface area contributed by atoms with Gasteiger partial charge in [0.15, 0.2) is 0 Å². The largest absolute Gasteiger partial charge is 0.480 e. The molecular formula is C11H21N3O4. The molecule has 0 aromatic heterocycles. The highest BCUT2D eigenvalue weighted by atomic mass is 16.4. The Morgan fingerprint density at radius 1 is 1.28 bits per heavy atom. The fourth-order valence-corrected chi connectivity index (χ4v) is 1.39. The number of hydrogen-bond donors (Lipinski definition) is 4. The second kappa shape index (κ2) is 6.95. The fraction of sp³-hybridized carbons (Fsp3) is 0.727. The van der Waals surface area contributed by atoms with Gasteiger partial charge < -0.3 is 21.1 Å². The van der Waals surface area contributed by atoms with E-state index >= 15 is 0 Å². The number of amides is 2. The van der Waals surface area contributed by atoms with E-state index in [4.69, 9.17) is 5.11 Å². The first-order valence-corrected chi connectivity index (χ1v) is 5.63. The quantitative estimate of drug-likeness (QED) is 0.466. The first kappa shape index (κ1) is 16.4. The Kier molecular flexibility index (Phi) is 6.32. The number of carbonyl (C=O) groups is 3. The van der Waals surface area contributed by atoms with Crippen molar-refractivity contribution in [3.05, 3.63) is 0 Å². The van der Waals surface area contributed by atoms with E-state index in [-0.39, 0.29) is 12.5 Å². The zero-order valence-corrected chi connectivity index (χ0v) is 11.2. The third-order valence-corrected chi connectivity index (χ3v) is 2.43. The van der Waals surface area contributed by atoms with Crippen LogP contribution in [0.5, 0.6) is 0 Å². The Hall–Kier alpha value is -1.63. The van der Waals surface area contributed by atoms with Gasteiger partial charge in [-0.1, -0.05) is 0 Å². The lowest BCUT2D eigenvalue weighted by molar-refractivity contribution is -0.141. The van der Waals surface area contributed by atoms with E-state index in [0.717, 1.165) is 0 Å². The van der Waals surface area contributed by atoms with Gasteiger partial charge in [-0.25, -0.2) is 4.79 Å². The van der Waals surface area contributed by atoms with E-state index < -0.39 is 23.3 Å². The van der Waals surface area contributed by atoms with Crippen LogP contribution in [-0.4, -0.2) is 49.1 Å². The number of aliphatic carboxylic acids is 1. The highest BCUT2D eigenvalue weighted by Crippen LogP contribution is 2.12. The Morgan fingerprint density at radius 2 is 1.83 bits per heavy atom. The molecule has 0 spiro atoms. The van der Waals surface area contributed by atoms with Crippen molar-refractivity contribution >= 4 is 17.8 Å². The van der Waals surface area contributed by atoms with Crippen LogP contribution in [0.25, 0.3) is 0 Å². The highest BCUT2D eigenvalue weighted by Gasteiger charge is 2.27. The van der Waals surface area contributed by atoms with Crippen LogP contribution in [0.4, 0.5) is 0 Å². The fourth-order valence-electron chi connectivity index (χ4n) is 1.39. The highest BCUT2D eigenvalue weighted by molar-refractivity contribution is 5.82. The maximum Gasteiger partial charge on any atom is 0.327 e. The van der Waals surface area contributed by atoms with Crippen LogP contribution in [0.2, 0.25) is 0 Å². The predicted molar refractivity (Wildman–Crippen MR) is 66.0 cm³/mol.